The summed E-state index contributed by atoms with van der Waals surface area (Å²) in [6, 6.07) is 17.5. The van der Waals surface area contributed by atoms with Gasteiger partial charge in [-0.1, -0.05) is 24.3 Å². The van der Waals surface area contributed by atoms with Gasteiger partial charge in [0, 0.05) is 30.3 Å². The molecule has 1 atom stereocenters. The average Bonchev–Trinajstić information content (AvgIpc) is 3.34. The molecule has 1 aromatic carbocycles. The van der Waals surface area contributed by atoms with Gasteiger partial charge in [0.2, 0.25) is 5.91 Å². The first-order valence-corrected chi connectivity index (χ1v) is 9.12. The molecule has 0 spiro atoms. The van der Waals surface area contributed by atoms with Crippen LogP contribution in [-0.4, -0.2) is 30.5 Å². The van der Waals surface area contributed by atoms with Crippen LogP contribution >= 0.6 is 0 Å². The first-order chi connectivity index (χ1) is 13.7. The maximum atomic E-state index is 12.6. The first kappa shape index (κ1) is 16.4. The number of nitrogens with zero attached hydrogens (tertiary/aromatic N) is 5. The number of hydrogen-bond donors (Lipinski definition) is 1. The molecule has 0 aliphatic carbocycles. The zero-order valence-corrected chi connectivity index (χ0v) is 15.3. The van der Waals surface area contributed by atoms with E-state index >= 15 is 0 Å². The quantitative estimate of drug-likeness (QED) is 0.601. The predicted octanol–water partition coefficient (Wildman–Crippen LogP) is 3.24. The van der Waals surface area contributed by atoms with E-state index in [1.54, 1.807) is 17.1 Å². The molecule has 0 bridgehead atoms. The van der Waals surface area contributed by atoms with Gasteiger partial charge in [0.1, 0.15) is 5.82 Å². The fourth-order valence-corrected chi connectivity index (χ4v) is 3.81. The second-order valence-electron chi connectivity index (χ2n) is 6.76. The van der Waals surface area contributed by atoms with Crippen LogP contribution in [-0.2, 0) is 4.79 Å². The van der Waals surface area contributed by atoms with Crippen LogP contribution in [0.5, 0.6) is 0 Å². The van der Waals surface area contributed by atoms with Gasteiger partial charge >= 0.3 is 0 Å². The third-order valence-electron chi connectivity index (χ3n) is 5.00. The topological polar surface area (TPSA) is 77.6 Å². The Kier molecular flexibility index (Phi) is 3.79. The van der Waals surface area contributed by atoms with Gasteiger partial charge in [-0.05, 0) is 37.3 Å². The standard InChI is InChI=1S/C21H18N6O/c1-14-20-16(17-10-12-23-26(17)15-7-3-2-4-8-15)13-19(28)24-21(20)27(25-14)18-9-5-6-11-22-18/h2-12,16H,13H2,1H3,(H,24,28). The Bertz CT molecular complexity index is 1150. The number of amides is 1. The number of hydrogen-bond acceptors (Lipinski definition) is 4. The van der Waals surface area contributed by atoms with Crippen LogP contribution in [0.15, 0.2) is 67.0 Å². The van der Waals surface area contributed by atoms with Crippen LogP contribution in [0, 0.1) is 6.92 Å². The number of carbonyl (C=O) groups excluding carboxylic acids is 1. The van der Waals surface area contributed by atoms with Gasteiger partial charge in [0.25, 0.3) is 0 Å². The molecular formula is C21H18N6O. The van der Waals surface area contributed by atoms with Crippen LogP contribution in [0.3, 0.4) is 0 Å². The lowest BCUT2D eigenvalue weighted by molar-refractivity contribution is -0.116. The van der Waals surface area contributed by atoms with Gasteiger partial charge < -0.3 is 5.32 Å². The van der Waals surface area contributed by atoms with E-state index < -0.39 is 0 Å². The molecule has 1 unspecified atom stereocenters. The Morgan fingerprint density at radius 2 is 1.82 bits per heavy atom. The van der Waals surface area contributed by atoms with Crippen molar-refractivity contribution in [1.29, 1.82) is 0 Å². The number of nitrogens with one attached hydrogen (secondary N) is 1. The summed E-state index contributed by atoms with van der Waals surface area (Å²) in [6.45, 7) is 1.96. The highest BCUT2D eigenvalue weighted by atomic mass is 16.1. The number of fused-ring (bicyclic) bond motifs is 1. The number of para-hydroxylation sites is 1. The summed E-state index contributed by atoms with van der Waals surface area (Å²) in [5.41, 5.74) is 3.80. The van der Waals surface area contributed by atoms with E-state index in [2.05, 4.69) is 20.5 Å². The maximum absolute atomic E-state index is 12.6. The fraction of sp³-hybridized carbons (Fsp3) is 0.143. The molecule has 4 heterocycles. The zero-order chi connectivity index (χ0) is 19.1. The van der Waals surface area contributed by atoms with Crippen LogP contribution < -0.4 is 5.32 Å². The number of aromatic nitrogens is 5. The minimum atomic E-state index is -0.135. The van der Waals surface area contributed by atoms with Crippen LogP contribution in [0.2, 0.25) is 0 Å². The summed E-state index contributed by atoms with van der Waals surface area (Å²) in [4.78, 5) is 16.9. The second kappa shape index (κ2) is 6.45. The van der Waals surface area contributed by atoms with E-state index in [1.165, 1.54) is 0 Å². The summed E-state index contributed by atoms with van der Waals surface area (Å²) in [6.07, 6.45) is 3.83. The van der Waals surface area contributed by atoms with Gasteiger partial charge in [0.05, 0.1) is 17.1 Å². The molecule has 1 aliphatic rings. The molecule has 1 amide bonds. The van der Waals surface area contributed by atoms with E-state index in [-0.39, 0.29) is 11.8 Å². The summed E-state index contributed by atoms with van der Waals surface area (Å²) in [7, 11) is 0. The molecule has 7 nitrogen and oxygen atoms in total. The monoisotopic (exact) mass is 370 g/mol. The normalized spacial score (nSPS) is 15.9. The van der Waals surface area contributed by atoms with E-state index in [0.717, 1.165) is 22.6 Å². The molecule has 1 N–H and O–H groups in total. The van der Waals surface area contributed by atoms with Crippen LogP contribution in [0.25, 0.3) is 11.5 Å². The number of benzene rings is 1. The Labute approximate surface area is 161 Å². The SMILES string of the molecule is Cc1nn(-c2ccccn2)c2c1C(c1ccnn1-c1ccccc1)CC(=O)N2. The van der Waals surface area contributed by atoms with Crippen molar-refractivity contribution in [3.05, 3.63) is 83.9 Å². The van der Waals surface area contributed by atoms with Crippen molar-refractivity contribution in [1.82, 2.24) is 24.5 Å². The Balaban J connectivity index is 1.67. The van der Waals surface area contributed by atoms with Gasteiger partial charge in [-0.15, -0.1) is 0 Å². The van der Waals surface area contributed by atoms with E-state index in [1.807, 2.05) is 66.2 Å². The fourth-order valence-electron chi connectivity index (χ4n) is 3.81. The number of aryl methyl sites for hydroxylation is 1. The van der Waals surface area contributed by atoms with Gasteiger partial charge in [-0.3, -0.25) is 4.79 Å². The molecule has 138 valence electrons. The van der Waals surface area contributed by atoms with Crippen molar-refractivity contribution in [3.63, 3.8) is 0 Å². The molecule has 5 rings (SSSR count). The van der Waals surface area contributed by atoms with E-state index in [0.29, 0.717) is 18.1 Å². The molecule has 1 aliphatic heterocycles. The highest BCUT2D eigenvalue weighted by Crippen LogP contribution is 2.40. The van der Waals surface area contributed by atoms with Crippen molar-refractivity contribution >= 4 is 11.7 Å². The minimum Gasteiger partial charge on any atom is -0.310 e. The summed E-state index contributed by atoms with van der Waals surface area (Å²) in [5.74, 6) is 1.17. The Hall–Kier alpha value is -3.74. The minimum absolute atomic E-state index is 0.0459. The van der Waals surface area contributed by atoms with E-state index in [4.69, 9.17) is 0 Å². The van der Waals surface area contributed by atoms with Crippen molar-refractivity contribution in [3.8, 4) is 11.5 Å². The lowest BCUT2D eigenvalue weighted by Crippen LogP contribution is -2.26. The lowest BCUT2D eigenvalue weighted by atomic mass is 9.89. The Morgan fingerprint density at radius 1 is 1.00 bits per heavy atom. The van der Waals surface area contributed by atoms with Gasteiger partial charge in [0.15, 0.2) is 5.82 Å². The van der Waals surface area contributed by atoms with E-state index in [9.17, 15) is 4.79 Å². The molecule has 7 heteroatoms. The summed E-state index contributed by atoms with van der Waals surface area (Å²) in [5, 5.41) is 12.2. The molecular weight excluding hydrogens is 352 g/mol. The van der Waals surface area contributed by atoms with Crippen LogP contribution in [0.4, 0.5) is 5.82 Å². The summed E-state index contributed by atoms with van der Waals surface area (Å²) < 4.78 is 3.60. The van der Waals surface area contributed by atoms with Gasteiger partial charge in [-0.25, -0.2) is 9.67 Å². The van der Waals surface area contributed by atoms with Crippen molar-refractivity contribution in [2.75, 3.05) is 5.32 Å². The third-order valence-corrected chi connectivity index (χ3v) is 5.00. The summed E-state index contributed by atoms with van der Waals surface area (Å²) >= 11 is 0. The molecule has 3 aromatic heterocycles. The number of pyridine rings is 1. The molecule has 4 aromatic rings. The molecule has 0 saturated carbocycles. The van der Waals surface area contributed by atoms with Crippen molar-refractivity contribution in [2.24, 2.45) is 0 Å². The molecule has 0 saturated heterocycles. The maximum Gasteiger partial charge on any atom is 0.226 e. The first-order valence-electron chi connectivity index (χ1n) is 9.12. The highest BCUT2D eigenvalue weighted by molar-refractivity contribution is 5.95. The van der Waals surface area contributed by atoms with Crippen molar-refractivity contribution < 1.29 is 4.79 Å². The predicted molar refractivity (Wildman–Crippen MR) is 105 cm³/mol. The molecule has 0 fully saturated rings. The largest absolute Gasteiger partial charge is 0.310 e. The third kappa shape index (κ3) is 2.60. The molecule has 28 heavy (non-hydrogen) atoms. The van der Waals surface area contributed by atoms with Gasteiger partial charge in [-0.2, -0.15) is 14.9 Å². The number of carbonyl (C=O) groups is 1. The molecule has 0 radical (unpaired) electrons. The lowest BCUT2D eigenvalue weighted by Gasteiger charge is -2.24. The second-order valence-corrected chi connectivity index (χ2v) is 6.76. The average molecular weight is 370 g/mol. The zero-order valence-electron chi connectivity index (χ0n) is 15.3. The van der Waals surface area contributed by atoms with Crippen LogP contribution in [0.1, 0.15) is 29.3 Å². The van der Waals surface area contributed by atoms with Crippen molar-refractivity contribution in [2.45, 2.75) is 19.3 Å². The number of rotatable bonds is 3. The number of anilines is 1. The Morgan fingerprint density at radius 3 is 2.61 bits per heavy atom. The highest BCUT2D eigenvalue weighted by Gasteiger charge is 2.34. The smallest absolute Gasteiger partial charge is 0.226 e.